The van der Waals surface area contributed by atoms with Gasteiger partial charge in [0, 0.05) is 25.1 Å². The van der Waals surface area contributed by atoms with Crippen molar-refractivity contribution in [2.45, 2.75) is 45.3 Å². The van der Waals surface area contributed by atoms with E-state index in [0.717, 1.165) is 6.07 Å². The molecule has 0 radical (unpaired) electrons. The van der Waals surface area contributed by atoms with Crippen LogP contribution in [0, 0.1) is 11.6 Å². The number of nitrogens with one attached hydrogen (secondary N) is 2. The van der Waals surface area contributed by atoms with Gasteiger partial charge in [0.1, 0.15) is 11.6 Å². The predicted molar refractivity (Wildman–Crippen MR) is 81.5 cm³/mol. The number of aliphatic hydroxyl groups excluding tert-OH is 1. The molecule has 0 aromatic heterocycles. The first-order valence-corrected chi connectivity index (χ1v) is 7.50. The number of aliphatic hydroxyl groups is 1. The SMILES string of the molecule is CCC(O)CCNC(=O)CC(NC(C)=O)c1ccc(F)cc1F. The molecular formula is C16H22F2N2O3. The number of hydrogen-bond acceptors (Lipinski definition) is 3. The molecule has 1 aromatic carbocycles. The van der Waals surface area contributed by atoms with Crippen molar-refractivity contribution in [1.29, 1.82) is 0 Å². The van der Waals surface area contributed by atoms with Gasteiger partial charge in [-0.2, -0.15) is 0 Å². The smallest absolute Gasteiger partial charge is 0.222 e. The van der Waals surface area contributed by atoms with Gasteiger partial charge in [-0.1, -0.05) is 13.0 Å². The summed E-state index contributed by atoms with van der Waals surface area (Å²) in [5.41, 5.74) is 0.0466. The highest BCUT2D eigenvalue weighted by Gasteiger charge is 2.20. The first-order chi connectivity index (χ1) is 10.8. The van der Waals surface area contributed by atoms with Crippen molar-refractivity contribution in [2.75, 3.05) is 6.54 Å². The van der Waals surface area contributed by atoms with Crippen molar-refractivity contribution in [1.82, 2.24) is 10.6 Å². The largest absolute Gasteiger partial charge is 0.393 e. The van der Waals surface area contributed by atoms with Gasteiger partial charge >= 0.3 is 0 Å². The fourth-order valence-electron chi connectivity index (χ4n) is 2.11. The Balaban J connectivity index is 2.71. The molecule has 0 spiro atoms. The summed E-state index contributed by atoms with van der Waals surface area (Å²) in [6.45, 7) is 3.37. The molecule has 0 fully saturated rings. The van der Waals surface area contributed by atoms with Crippen molar-refractivity contribution in [3.05, 3.63) is 35.4 Å². The molecule has 2 unspecified atom stereocenters. The molecule has 0 saturated heterocycles. The molecule has 0 aliphatic rings. The van der Waals surface area contributed by atoms with E-state index in [9.17, 15) is 23.5 Å². The zero-order chi connectivity index (χ0) is 17.4. The second-order valence-electron chi connectivity index (χ2n) is 5.32. The number of amides is 2. The second kappa shape index (κ2) is 9.19. The monoisotopic (exact) mass is 328 g/mol. The number of benzene rings is 1. The van der Waals surface area contributed by atoms with Gasteiger partial charge in [-0.05, 0) is 18.9 Å². The highest BCUT2D eigenvalue weighted by atomic mass is 19.1. The van der Waals surface area contributed by atoms with Crippen molar-refractivity contribution in [2.24, 2.45) is 0 Å². The molecule has 0 aliphatic carbocycles. The zero-order valence-electron chi connectivity index (χ0n) is 13.2. The Kier molecular flexibility index (Phi) is 7.61. The van der Waals surface area contributed by atoms with Gasteiger partial charge in [-0.15, -0.1) is 0 Å². The first-order valence-electron chi connectivity index (χ1n) is 7.50. The van der Waals surface area contributed by atoms with Crippen LogP contribution in [0.3, 0.4) is 0 Å². The number of carbonyl (C=O) groups is 2. The topological polar surface area (TPSA) is 78.4 Å². The Bertz CT molecular complexity index is 552. The van der Waals surface area contributed by atoms with E-state index in [1.807, 2.05) is 6.92 Å². The third-order valence-electron chi connectivity index (χ3n) is 3.38. The predicted octanol–water partition coefficient (Wildman–Crippen LogP) is 1.81. The normalized spacial score (nSPS) is 13.3. The lowest BCUT2D eigenvalue weighted by Gasteiger charge is -2.19. The fraction of sp³-hybridized carbons (Fsp3) is 0.500. The van der Waals surface area contributed by atoms with E-state index in [-0.39, 0.29) is 18.5 Å². The lowest BCUT2D eigenvalue weighted by molar-refractivity contribution is -0.122. The van der Waals surface area contributed by atoms with Gasteiger partial charge in [0.25, 0.3) is 0 Å². The van der Waals surface area contributed by atoms with Crippen LogP contribution in [0.2, 0.25) is 0 Å². The van der Waals surface area contributed by atoms with Gasteiger partial charge in [0.15, 0.2) is 0 Å². The summed E-state index contributed by atoms with van der Waals surface area (Å²) < 4.78 is 26.8. The van der Waals surface area contributed by atoms with Gasteiger partial charge in [0.05, 0.1) is 18.6 Å². The number of carbonyl (C=O) groups excluding carboxylic acids is 2. The molecule has 2 amide bonds. The van der Waals surface area contributed by atoms with Crippen LogP contribution in [0.25, 0.3) is 0 Å². The Hall–Kier alpha value is -2.02. The van der Waals surface area contributed by atoms with Crippen LogP contribution in [0.5, 0.6) is 0 Å². The minimum absolute atomic E-state index is 0.0466. The molecule has 0 bridgehead atoms. The van der Waals surface area contributed by atoms with Crippen LogP contribution >= 0.6 is 0 Å². The molecule has 5 nitrogen and oxygen atoms in total. The average Bonchev–Trinajstić information content (AvgIpc) is 2.45. The summed E-state index contributed by atoms with van der Waals surface area (Å²) in [5.74, 6) is -2.37. The number of halogens is 2. The summed E-state index contributed by atoms with van der Waals surface area (Å²) in [7, 11) is 0. The molecule has 23 heavy (non-hydrogen) atoms. The van der Waals surface area contributed by atoms with E-state index >= 15 is 0 Å². The highest BCUT2D eigenvalue weighted by Crippen LogP contribution is 2.21. The molecule has 128 valence electrons. The molecule has 1 rings (SSSR count). The van der Waals surface area contributed by atoms with E-state index < -0.39 is 35.6 Å². The minimum atomic E-state index is -0.885. The van der Waals surface area contributed by atoms with Crippen LogP contribution in [-0.4, -0.2) is 29.6 Å². The summed E-state index contributed by atoms with van der Waals surface area (Å²) in [6, 6.07) is 2.10. The van der Waals surface area contributed by atoms with E-state index in [2.05, 4.69) is 10.6 Å². The second-order valence-corrected chi connectivity index (χ2v) is 5.32. The molecule has 7 heteroatoms. The Morgan fingerprint density at radius 1 is 1.30 bits per heavy atom. The average molecular weight is 328 g/mol. The third-order valence-corrected chi connectivity index (χ3v) is 3.38. The molecule has 0 aliphatic heterocycles. The van der Waals surface area contributed by atoms with Gasteiger partial charge in [-0.25, -0.2) is 8.78 Å². The Morgan fingerprint density at radius 2 is 2.00 bits per heavy atom. The van der Waals surface area contributed by atoms with Crippen molar-refractivity contribution >= 4 is 11.8 Å². The number of hydrogen-bond donors (Lipinski definition) is 3. The standard InChI is InChI=1S/C16H22F2N2O3/c1-3-12(22)6-7-19-16(23)9-15(20-10(2)21)13-5-4-11(17)8-14(13)18/h4-5,8,12,15,22H,3,6-7,9H2,1-2H3,(H,19,23)(H,20,21). The molecule has 1 aromatic rings. The Labute approximate surface area is 134 Å². The lowest BCUT2D eigenvalue weighted by atomic mass is 10.0. The van der Waals surface area contributed by atoms with Crippen LogP contribution in [0.1, 0.15) is 44.7 Å². The lowest BCUT2D eigenvalue weighted by Crippen LogP contribution is -2.34. The van der Waals surface area contributed by atoms with E-state index in [1.54, 1.807) is 0 Å². The maximum atomic E-state index is 13.8. The summed E-state index contributed by atoms with van der Waals surface area (Å²) >= 11 is 0. The molecule has 0 heterocycles. The van der Waals surface area contributed by atoms with Crippen LogP contribution in [-0.2, 0) is 9.59 Å². The third kappa shape index (κ3) is 6.73. The zero-order valence-corrected chi connectivity index (χ0v) is 13.2. The fourth-order valence-corrected chi connectivity index (χ4v) is 2.11. The van der Waals surface area contributed by atoms with E-state index in [4.69, 9.17) is 0 Å². The van der Waals surface area contributed by atoms with Crippen molar-refractivity contribution in [3.63, 3.8) is 0 Å². The van der Waals surface area contributed by atoms with Crippen molar-refractivity contribution in [3.8, 4) is 0 Å². The molecule has 2 atom stereocenters. The maximum absolute atomic E-state index is 13.8. The van der Waals surface area contributed by atoms with Gasteiger partial charge in [0.2, 0.25) is 11.8 Å². The molecule has 3 N–H and O–H groups in total. The summed E-state index contributed by atoms with van der Waals surface area (Å²) in [4.78, 5) is 23.2. The summed E-state index contributed by atoms with van der Waals surface area (Å²) in [6.07, 6.45) is 0.337. The quantitative estimate of drug-likeness (QED) is 0.681. The van der Waals surface area contributed by atoms with Crippen LogP contribution < -0.4 is 10.6 Å². The highest BCUT2D eigenvalue weighted by molar-refractivity contribution is 5.79. The van der Waals surface area contributed by atoms with Gasteiger partial charge < -0.3 is 15.7 Å². The first kappa shape index (κ1) is 19.0. The summed E-state index contributed by atoms with van der Waals surface area (Å²) in [5, 5.41) is 14.5. The molecule has 0 saturated carbocycles. The van der Waals surface area contributed by atoms with E-state index in [1.165, 1.54) is 13.0 Å². The Morgan fingerprint density at radius 3 is 2.57 bits per heavy atom. The molecular weight excluding hydrogens is 306 g/mol. The van der Waals surface area contributed by atoms with Crippen molar-refractivity contribution < 1.29 is 23.5 Å². The van der Waals surface area contributed by atoms with Gasteiger partial charge in [-0.3, -0.25) is 9.59 Å². The maximum Gasteiger partial charge on any atom is 0.222 e. The van der Waals surface area contributed by atoms with Crippen LogP contribution in [0.4, 0.5) is 8.78 Å². The minimum Gasteiger partial charge on any atom is -0.393 e. The van der Waals surface area contributed by atoms with Crippen LogP contribution in [0.15, 0.2) is 18.2 Å². The van der Waals surface area contributed by atoms with E-state index in [0.29, 0.717) is 18.9 Å². The number of rotatable bonds is 8.